The Morgan fingerprint density at radius 1 is 1.59 bits per heavy atom. The predicted octanol–water partition coefficient (Wildman–Crippen LogP) is 1.93. The second-order valence-electron chi connectivity index (χ2n) is 3.75. The minimum Gasteiger partial charge on any atom is -0.381 e. The molecule has 1 heterocycles. The molecule has 1 aromatic heterocycles. The van der Waals surface area contributed by atoms with Crippen LogP contribution in [0.3, 0.4) is 0 Å². The van der Waals surface area contributed by atoms with Crippen LogP contribution in [0.15, 0.2) is 16.7 Å². The molecule has 0 spiro atoms. The fraction of sp³-hybridized carbons (Fsp3) is 0.500. The molecule has 0 aromatic carbocycles. The van der Waals surface area contributed by atoms with Crippen LogP contribution < -0.4 is 4.72 Å². The number of ether oxygens (including phenoxy) is 1. The zero-order valence-electron chi connectivity index (χ0n) is 9.90. The summed E-state index contributed by atoms with van der Waals surface area (Å²) in [5.41, 5.74) is 0.757. The Labute approximate surface area is 110 Å². The molecule has 1 atom stereocenters. The number of hydrogen-bond acceptors (Lipinski definition) is 4. The van der Waals surface area contributed by atoms with Crippen LogP contribution in [0.4, 0.5) is 5.82 Å². The fourth-order valence-corrected chi connectivity index (χ4v) is 3.00. The zero-order valence-corrected chi connectivity index (χ0v) is 12.3. The maximum Gasteiger partial charge on any atom is 0.236 e. The van der Waals surface area contributed by atoms with E-state index in [1.54, 1.807) is 26.1 Å². The van der Waals surface area contributed by atoms with E-state index in [0.717, 1.165) is 10.0 Å². The Morgan fingerprint density at radius 3 is 2.76 bits per heavy atom. The first-order valence-corrected chi connectivity index (χ1v) is 7.44. The molecule has 0 saturated carbocycles. The van der Waals surface area contributed by atoms with Crippen molar-refractivity contribution < 1.29 is 13.2 Å². The second-order valence-corrected chi connectivity index (χ2v) is 6.43. The van der Waals surface area contributed by atoms with Crippen LogP contribution in [-0.2, 0) is 14.8 Å². The number of sulfonamides is 1. The Kier molecular flexibility index (Phi) is 4.91. The highest BCUT2D eigenvalue weighted by Crippen LogP contribution is 2.18. The quantitative estimate of drug-likeness (QED) is 0.899. The van der Waals surface area contributed by atoms with Gasteiger partial charge in [-0.15, -0.1) is 0 Å². The number of methoxy groups -OCH3 is 1. The summed E-state index contributed by atoms with van der Waals surface area (Å²) in [7, 11) is -1.96. The van der Waals surface area contributed by atoms with E-state index in [1.165, 1.54) is 7.11 Å². The summed E-state index contributed by atoms with van der Waals surface area (Å²) in [5.74, 6) is 0.247. The number of aryl methyl sites for hydroxylation is 1. The number of nitrogens with one attached hydrogen (secondary N) is 1. The maximum atomic E-state index is 11.8. The number of nitrogens with zero attached hydrogens (tertiary/aromatic N) is 1. The molecule has 1 unspecified atom stereocenters. The van der Waals surface area contributed by atoms with Gasteiger partial charge in [-0.1, -0.05) is 0 Å². The van der Waals surface area contributed by atoms with Gasteiger partial charge in [0.2, 0.25) is 10.0 Å². The molecule has 0 aliphatic carbocycles. The third kappa shape index (κ3) is 4.61. The van der Waals surface area contributed by atoms with Crippen molar-refractivity contribution in [1.82, 2.24) is 4.98 Å². The molecule has 1 N–H and O–H groups in total. The van der Waals surface area contributed by atoms with Gasteiger partial charge in [-0.25, -0.2) is 13.4 Å². The summed E-state index contributed by atoms with van der Waals surface area (Å²) in [6.07, 6.45) is 1.19. The molecule has 17 heavy (non-hydrogen) atoms. The lowest BCUT2D eigenvalue weighted by Crippen LogP contribution is -2.26. The third-order valence-electron chi connectivity index (χ3n) is 2.15. The van der Waals surface area contributed by atoms with Crippen LogP contribution in [0.25, 0.3) is 0 Å². The molecule has 0 radical (unpaired) electrons. The van der Waals surface area contributed by atoms with E-state index in [9.17, 15) is 8.42 Å². The molecule has 0 aliphatic heterocycles. The smallest absolute Gasteiger partial charge is 0.236 e. The van der Waals surface area contributed by atoms with Crippen molar-refractivity contribution in [1.29, 1.82) is 0 Å². The van der Waals surface area contributed by atoms with Gasteiger partial charge in [0.15, 0.2) is 0 Å². The lowest BCUT2D eigenvalue weighted by atomic mass is 10.3. The number of hydrogen-bond donors (Lipinski definition) is 1. The van der Waals surface area contributed by atoms with E-state index in [0.29, 0.717) is 5.82 Å². The van der Waals surface area contributed by atoms with Crippen LogP contribution in [0.1, 0.15) is 12.5 Å². The van der Waals surface area contributed by atoms with Crippen molar-refractivity contribution in [2.45, 2.75) is 20.0 Å². The average molecular weight is 323 g/mol. The highest BCUT2D eigenvalue weighted by molar-refractivity contribution is 9.10. The van der Waals surface area contributed by atoms with Gasteiger partial charge in [-0.3, -0.25) is 4.72 Å². The largest absolute Gasteiger partial charge is 0.381 e. The molecular formula is C10H15BrN2O3S. The molecule has 7 heteroatoms. The summed E-state index contributed by atoms with van der Waals surface area (Å²) in [5, 5.41) is 0. The molecule has 0 fully saturated rings. The molecule has 0 saturated heterocycles. The lowest BCUT2D eigenvalue weighted by Gasteiger charge is -2.12. The lowest BCUT2D eigenvalue weighted by molar-refractivity contribution is 0.136. The Bertz CT molecular complexity index is 490. The van der Waals surface area contributed by atoms with Crippen LogP contribution in [0.2, 0.25) is 0 Å². The monoisotopic (exact) mass is 322 g/mol. The predicted molar refractivity (Wildman–Crippen MR) is 70.6 cm³/mol. The van der Waals surface area contributed by atoms with Crippen molar-refractivity contribution in [3.63, 3.8) is 0 Å². The third-order valence-corrected chi connectivity index (χ3v) is 4.00. The van der Waals surface area contributed by atoms with Crippen molar-refractivity contribution in [3.8, 4) is 0 Å². The standard InChI is InChI=1S/C10H15BrN2O3S/c1-7-4-9(11)5-12-10(7)13-17(14,15)6-8(2)16-3/h4-5,8H,6H2,1-3H3,(H,12,13). The second kappa shape index (κ2) is 5.79. The topological polar surface area (TPSA) is 68.3 Å². The van der Waals surface area contributed by atoms with Crippen molar-refractivity contribution in [2.24, 2.45) is 0 Å². The molecule has 0 aliphatic rings. The van der Waals surface area contributed by atoms with Gasteiger partial charge < -0.3 is 4.74 Å². The van der Waals surface area contributed by atoms with Gasteiger partial charge in [0.05, 0.1) is 11.9 Å². The molecule has 1 aromatic rings. The van der Waals surface area contributed by atoms with Gasteiger partial charge in [0, 0.05) is 17.8 Å². The van der Waals surface area contributed by atoms with E-state index in [2.05, 4.69) is 25.6 Å². The van der Waals surface area contributed by atoms with Gasteiger partial charge in [0.1, 0.15) is 5.82 Å². The summed E-state index contributed by atoms with van der Waals surface area (Å²) in [6, 6.07) is 1.80. The van der Waals surface area contributed by atoms with E-state index in [-0.39, 0.29) is 11.9 Å². The fourth-order valence-electron chi connectivity index (χ4n) is 1.21. The first-order chi connectivity index (χ1) is 7.84. The minimum atomic E-state index is -3.43. The molecule has 5 nitrogen and oxygen atoms in total. The molecule has 1 rings (SSSR count). The number of anilines is 1. The number of rotatable bonds is 5. The van der Waals surface area contributed by atoms with Crippen molar-refractivity contribution in [3.05, 3.63) is 22.3 Å². The average Bonchev–Trinajstić information content (AvgIpc) is 2.21. The van der Waals surface area contributed by atoms with Gasteiger partial charge in [-0.05, 0) is 41.4 Å². The molecule has 0 bridgehead atoms. The highest BCUT2D eigenvalue weighted by Gasteiger charge is 2.16. The first kappa shape index (κ1) is 14.4. The number of aromatic nitrogens is 1. The first-order valence-electron chi connectivity index (χ1n) is 4.99. The Balaban J connectivity index is 2.83. The maximum absolute atomic E-state index is 11.8. The van der Waals surface area contributed by atoms with Crippen LogP contribution >= 0.6 is 15.9 Å². The zero-order chi connectivity index (χ0) is 13.1. The van der Waals surface area contributed by atoms with Crippen LogP contribution in [0, 0.1) is 6.92 Å². The van der Waals surface area contributed by atoms with E-state index in [1.807, 2.05) is 0 Å². The number of pyridine rings is 1. The van der Waals surface area contributed by atoms with E-state index in [4.69, 9.17) is 4.74 Å². The highest BCUT2D eigenvalue weighted by atomic mass is 79.9. The number of halogens is 1. The van der Waals surface area contributed by atoms with Crippen molar-refractivity contribution >= 4 is 31.8 Å². The Morgan fingerprint density at radius 2 is 2.24 bits per heavy atom. The molecule has 96 valence electrons. The van der Waals surface area contributed by atoms with Crippen LogP contribution in [0.5, 0.6) is 0 Å². The Hall–Kier alpha value is -0.660. The van der Waals surface area contributed by atoms with Gasteiger partial charge >= 0.3 is 0 Å². The summed E-state index contributed by atoms with van der Waals surface area (Å²) < 4.78 is 31.7. The van der Waals surface area contributed by atoms with Crippen LogP contribution in [-0.4, -0.2) is 32.4 Å². The summed E-state index contributed by atoms with van der Waals surface area (Å²) in [6.45, 7) is 3.48. The van der Waals surface area contributed by atoms with Gasteiger partial charge in [-0.2, -0.15) is 0 Å². The molecular weight excluding hydrogens is 308 g/mol. The van der Waals surface area contributed by atoms with E-state index >= 15 is 0 Å². The van der Waals surface area contributed by atoms with E-state index < -0.39 is 10.0 Å². The molecule has 0 amide bonds. The summed E-state index contributed by atoms with van der Waals surface area (Å²) >= 11 is 3.27. The normalized spacial score (nSPS) is 13.4. The summed E-state index contributed by atoms with van der Waals surface area (Å²) in [4.78, 5) is 4.02. The van der Waals surface area contributed by atoms with Crippen molar-refractivity contribution in [2.75, 3.05) is 17.6 Å². The minimum absolute atomic E-state index is 0.0965. The SMILES string of the molecule is COC(C)CS(=O)(=O)Nc1ncc(Br)cc1C. The van der Waals surface area contributed by atoms with Gasteiger partial charge in [0.25, 0.3) is 0 Å².